The molecule has 1 rings (SSSR count). The van der Waals surface area contributed by atoms with Gasteiger partial charge in [-0.1, -0.05) is 32.8 Å². The third kappa shape index (κ3) is 10.7. The summed E-state index contributed by atoms with van der Waals surface area (Å²) in [5.41, 5.74) is 5.62. The van der Waals surface area contributed by atoms with Gasteiger partial charge in [0.25, 0.3) is 0 Å². The van der Waals surface area contributed by atoms with Crippen LogP contribution in [-0.4, -0.2) is 58.1 Å². The first-order valence-corrected chi connectivity index (χ1v) is 12.9. The molecule has 0 bridgehead atoms. The molecule has 3 atom stereocenters. The van der Waals surface area contributed by atoms with Crippen LogP contribution in [-0.2, 0) is 19.1 Å². The van der Waals surface area contributed by atoms with Gasteiger partial charge in [-0.25, -0.2) is 4.79 Å². The van der Waals surface area contributed by atoms with Gasteiger partial charge in [-0.05, 0) is 70.7 Å². The van der Waals surface area contributed by atoms with Gasteiger partial charge >= 0.3 is 6.09 Å². The highest BCUT2D eigenvalue weighted by molar-refractivity contribution is 5.94. The summed E-state index contributed by atoms with van der Waals surface area (Å²) in [4.78, 5) is 53.2. The lowest BCUT2D eigenvalue weighted by molar-refractivity contribution is -0.143. The van der Waals surface area contributed by atoms with Crippen LogP contribution in [0.15, 0.2) is 18.2 Å². The number of carbonyl (C=O) groups excluding carboxylic acids is 4. The maximum atomic E-state index is 13.9. The number of phenolic OH excluding ortho intramolecular Hbond substituents is 1. The molecular weight excluding hydrogens is 476 g/mol. The molecule has 0 spiro atoms. The normalized spacial score (nSPS) is 13.7. The van der Waals surface area contributed by atoms with E-state index in [0.29, 0.717) is 17.5 Å². The SMILES string of the molecule is CCCCN(C(=O)C(CC(N)=O)NC(=O)OC(C)(C)C)C(C(=O)NC(C)CCC)c1ccc(O)c(C)c1. The van der Waals surface area contributed by atoms with Gasteiger partial charge in [-0.3, -0.25) is 14.4 Å². The molecule has 0 fully saturated rings. The molecule has 4 amide bonds. The molecule has 10 nitrogen and oxygen atoms in total. The predicted octanol–water partition coefficient (Wildman–Crippen LogP) is 3.44. The molecule has 1 aromatic carbocycles. The Labute approximate surface area is 220 Å². The molecule has 10 heteroatoms. The summed E-state index contributed by atoms with van der Waals surface area (Å²) < 4.78 is 5.28. The Morgan fingerprint density at radius 1 is 1.11 bits per heavy atom. The molecule has 3 unspecified atom stereocenters. The van der Waals surface area contributed by atoms with Crippen LogP contribution >= 0.6 is 0 Å². The number of rotatable bonds is 13. The fourth-order valence-electron chi connectivity index (χ4n) is 3.89. The van der Waals surface area contributed by atoms with Gasteiger partial charge < -0.3 is 31.1 Å². The maximum Gasteiger partial charge on any atom is 0.408 e. The summed E-state index contributed by atoms with van der Waals surface area (Å²) in [5.74, 6) is -1.76. The summed E-state index contributed by atoms with van der Waals surface area (Å²) >= 11 is 0. The van der Waals surface area contributed by atoms with E-state index in [0.717, 1.165) is 19.3 Å². The molecular formula is C27H44N4O6. The summed E-state index contributed by atoms with van der Waals surface area (Å²) in [6.07, 6.45) is 1.59. The van der Waals surface area contributed by atoms with Crippen molar-refractivity contribution in [3.63, 3.8) is 0 Å². The van der Waals surface area contributed by atoms with Gasteiger partial charge in [0.1, 0.15) is 23.4 Å². The van der Waals surface area contributed by atoms with Crippen molar-refractivity contribution in [2.24, 2.45) is 5.73 Å². The summed E-state index contributed by atoms with van der Waals surface area (Å²) in [6.45, 7) is 12.8. The van der Waals surface area contributed by atoms with Crippen molar-refractivity contribution >= 4 is 23.8 Å². The second-order valence-corrected chi connectivity index (χ2v) is 10.4. The Balaban J connectivity index is 3.53. The molecule has 0 aromatic heterocycles. The Hall–Kier alpha value is -3.30. The van der Waals surface area contributed by atoms with Gasteiger partial charge in [0.15, 0.2) is 0 Å². The number of hydrogen-bond acceptors (Lipinski definition) is 6. The van der Waals surface area contributed by atoms with Crippen molar-refractivity contribution in [3.05, 3.63) is 29.3 Å². The zero-order valence-corrected chi connectivity index (χ0v) is 23.2. The number of phenols is 1. The van der Waals surface area contributed by atoms with Crippen LogP contribution in [0.25, 0.3) is 0 Å². The summed E-state index contributed by atoms with van der Waals surface area (Å²) in [7, 11) is 0. The number of benzene rings is 1. The number of nitrogens with one attached hydrogen (secondary N) is 2. The highest BCUT2D eigenvalue weighted by Gasteiger charge is 2.37. The number of unbranched alkanes of at least 4 members (excludes halogenated alkanes) is 1. The van der Waals surface area contributed by atoms with E-state index in [9.17, 15) is 24.3 Å². The fraction of sp³-hybridized carbons (Fsp3) is 0.630. The lowest BCUT2D eigenvalue weighted by atomic mass is 9.99. The number of aromatic hydroxyl groups is 1. The van der Waals surface area contributed by atoms with E-state index >= 15 is 0 Å². The van der Waals surface area contributed by atoms with E-state index in [1.807, 2.05) is 20.8 Å². The first kappa shape index (κ1) is 31.7. The monoisotopic (exact) mass is 520 g/mol. The number of nitrogens with two attached hydrogens (primary N) is 1. The molecule has 0 aliphatic carbocycles. The number of nitrogens with zero attached hydrogens (tertiary/aromatic N) is 1. The molecule has 0 heterocycles. The van der Waals surface area contributed by atoms with Crippen molar-refractivity contribution in [2.75, 3.05) is 6.54 Å². The standard InChI is InChI=1S/C27H44N4O6/c1-8-10-14-31(25(35)20(16-22(28)33)30-26(36)37-27(5,6)7)23(24(34)29-18(4)11-9-2)19-12-13-21(32)17(3)15-19/h12-13,15,18,20,23,32H,8-11,14,16H2,1-7H3,(H2,28,33)(H,29,34)(H,30,36). The van der Waals surface area contributed by atoms with Crippen LogP contribution in [0.1, 0.15) is 90.8 Å². The van der Waals surface area contributed by atoms with Crippen LogP contribution in [0, 0.1) is 6.92 Å². The van der Waals surface area contributed by atoms with Gasteiger partial charge in [-0.2, -0.15) is 0 Å². The lowest BCUT2D eigenvalue weighted by Crippen LogP contribution is -2.54. The fourth-order valence-corrected chi connectivity index (χ4v) is 3.89. The number of amides is 4. The van der Waals surface area contributed by atoms with Crippen LogP contribution in [0.5, 0.6) is 5.75 Å². The van der Waals surface area contributed by atoms with Gasteiger partial charge in [0.2, 0.25) is 17.7 Å². The second kappa shape index (κ2) is 14.4. The van der Waals surface area contributed by atoms with Crippen molar-refractivity contribution in [1.82, 2.24) is 15.5 Å². The van der Waals surface area contributed by atoms with E-state index in [1.165, 1.54) is 11.0 Å². The smallest absolute Gasteiger partial charge is 0.408 e. The largest absolute Gasteiger partial charge is 0.508 e. The minimum Gasteiger partial charge on any atom is -0.508 e. The highest BCUT2D eigenvalue weighted by Crippen LogP contribution is 2.28. The Kier molecular flexibility index (Phi) is 12.4. The number of primary amides is 1. The molecule has 0 aliphatic heterocycles. The minimum atomic E-state index is -1.33. The average Bonchev–Trinajstić information content (AvgIpc) is 2.76. The lowest BCUT2D eigenvalue weighted by Gasteiger charge is -2.35. The molecule has 0 saturated carbocycles. The van der Waals surface area contributed by atoms with Crippen molar-refractivity contribution in [3.8, 4) is 5.75 Å². The first-order chi connectivity index (χ1) is 17.2. The van der Waals surface area contributed by atoms with Crippen LogP contribution in [0.3, 0.4) is 0 Å². The number of ether oxygens (including phenoxy) is 1. The van der Waals surface area contributed by atoms with Crippen molar-refractivity contribution in [2.45, 2.75) is 104 Å². The van der Waals surface area contributed by atoms with Gasteiger partial charge in [0.05, 0.1) is 6.42 Å². The van der Waals surface area contributed by atoms with E-state index in [-0.39, 0.29) is 18.3 Å². The van der Waals surface area contributed by atoms with Crippen LogP contribution < -0.4 is 16.4 Å². The van der Waals surface area contributed by atoms with Crippen LogP contribution in [0.4, 0.5) is 4.79 Å². The van der Waals surface area contributed by atoms with E-state index < -0.39 is 47.9 Å². The van der Waals surface area contributed by atoms with E-state index in [1.54, 1.807) is 39.8 Å². The molecule has 5 N–H and O–H groups in total. The summed E-state index contributed by atoms with van der Waals surface area (Å²) in [5, 5.41) is 15.5. The third-order valence-corrected chi connectivity index (χ3v) is 5.64. The second-order valence-electron chi connectivity index (χ2n) is 10.4. The average molecular weight is 521 g/mol. The Morgan fingerprint density at radius 3 is 2.27 bits per heavy atom. The predicted molar refractivity (Wildman–Crippen MR) is 142 cm³/mol. The molecule has 0 saturated heterocycles. The van der Waals surface area contributed by atoms with E-state index in [4.69, 9.17) is 10.5 Å². The number of carbonyl (C=O) groups is 4. The zero-order chi connectivity index (χ0) is 28.3. The highest BCUT2D eigenvalue weighted by atomic mass is 16.6. The molecule has 0 aliphatic rings. The first-order valence-electron chi connectivity index (χ1n) is 12.9. The molecule has 0 radical (unpaired) electrons. The Bertz CT molecular complexity index is 943. The van der Waals surface area contributed by atoms with Gasteiger partial charge in [0, 0.05) is 12.6 Å². The van der Waals surface area contributed by atoms with Crippen molar-refractivity contribution < 1.29 is 29.0 Å². The number of alkyl carbamates (subject to hydrolysis) is 1. The third-order valence-electron chi connectivity index (χ3n) is 5.64. The van der Waals surface area contributed by atoms with E-state index in [2.05, 4.69) is 10.6 Å². The number of hydrogen-bond donors (Lipinski definition) is 4. The quantitative estimate of drug-likeness (QED) is 0.313. The maximum absolute atomic E-state index is 13.9. The summed E-state index contributed by atoms with van der Waals surface area (Å²) in [6, 6.07) is 2.19. The minimum absolute atomic E-state index is 0.0619. The molecule has 208 valence electrons. The van der Waals surface area contributed by atoms with Gasteiger partial charge in [-0.15, -0.1) is 0 Å². The van der Waals surface area contributed by atoms with Crippen molar-refractivity contribution in [1.29, 1.82) is 0 Å². The van der Waals surface area contributed by atoms with Crippen LogP contribution in [0.2, 0.25) is 0 Å². The Morgan fingerprint density at radius 2 is 1.76 bits per heavy atom. The zero-order valence-electron chi connectivity index (χ0n) is 23.2. The topological polar surface area (TPSA) is 151 Å². The molecule has 37 heavy (non-hydrogen) atoms. The number of aryl methyl sites for hydroxylation is 1. The molecule has 1 aromatic rings.